The van der Waals surface area contributed by atoms with Gasteiger partial charge in [-0.3, -0.25) is 19.2 Å². The molecule has 2 bridgehead atoms. The van der Waals surface area contributed by atoms with E-state index >= 15 is 0 Å². The molecule has 0 spiro atoms. The van der Waals surface area contributed by atoms with E-state index in [-0.39, 0.29) is 60.7 Å². The zero-order valence-electron chi connectivity index (χ0n) is 47.1. The number of allylic oxidation sites excluding steroid dienone is 7. The first-order valence-corrected chi connectivity index (χ1v) is 27.6. The van der Waals surface area contributed by atoms with E-state index in [1.54, 1.807) is 54.2 Å². The summed E-state index contributed by atoms with van der Waals surface area (Å²) in [6.07, 6.45) is 11.3. The molecule has 1 aromatic rings. The quantitative estimate of drug-likeness (QED) is 0.0829. The number of methoxy groups -OCH3 is 4. The van der Waals surface area contributed by atoms with Crippen molar-refractivity contribution in [2.75, 3.05) is 48.2 Å². The Morgan fingerprint density at radius 1 is 0.842 bits per heavy atom. The van der Waals surface area contributed by atoms with Crippen LogP contribution in [-0.2, 0) is 47.7 Å². The predicted octanol–water partition coefficient (Wildman–Crippen LogP) is 7.98. The van der Waals surface area contributed by atoms with E-state index in [1.807, 2.05) is 70.2 Å². The molecule has 76 heavy (non-hydrogen) atoms. The lowest BCUT2D eigenvalue weighted by Gasteiger charge is -2.43. The summed E-state index contributed by atoms with van der Waals surface area (Å²) in [5.41, 5.74) is 2.11. The van der Waals surface area contributed by atoms with E-state index in [4.69, 9.17) is 33.2 Å². The normalized spacial score (nSPS) is 36.2. The minimum absolute atomic E-state index is 0.0224. The van der Waals surface area contributed by atoms with Crippen molar-refractivity contribution in [2.45, 2.75) is 180 Å². The number of rotatable bonds is 11. The Morgan fingerprint density at radius 3 is 2.29 bits per heavy atom. The van der Waals surface area contributed by atoms with E-state index in [0.29, 0.717) is 94.5 Å². The van der Waals surface area contributed by atoms with Crippen LogP contribution in [0.2, 0.25) is 0 Å². The summed E-state index contributed by atoms with van der Waals surface area (Å²) in [4.78, 5) is 73.2. The van der Waals surface area contributed by atoms with Gasteiger partial charge in [-0.25, -0.2) is 4.79 Å². The van der Waals surface area contributed by atoms with Gasteiger partial charge in [0, 0.05) is 69.6 Å². The number of carbonyl (C=O) groups is 5. The summed E-state index contributed by atoms with van der Waals surface area (Å²) in [6.45, 7) is 13.5. The highest BCUT2D eigenvalue weighted by Gasteiger charge is 2.53. The lowest BCUT2D eigenvalue weighted by molar-refractivity contribution is -0.264. The SMILES string of the molecule is COCCOc1ccc(C2C[C@@H]3CC[C@@H](C)[C@@](O)(O3)C(=O)C(=O)N3CCCC[C@H]3C(=O)O[C@H]([C@H](C)C[C@@H]3CC[C@@H](O)[C@H](OC)C3)CC(=O)[C@H](C)/C=C(\C)[C@H](O)[C@@H](OC)C(=O)[C@H](C)C[C@H](C)/C=C/C=C/C=C/2C)c(OC)c1. The molecule has 16 heteroatoms. The summed E-state index contributed by atoms with van der Waals surface area (Å²) >= 11 is 0. The first kappa shape index (κ1) is 62.3. The Hall–Kier alpha value is -4.55. The average Bonchev–Trinajstić information content (AvgIpc) is 3.40. The maximum absolute atomic E-state index is 14.6. The van der Waals surface area contributed by atoms with Crippen LogP contribution in [0.15, 0.2) is 65.8 Å². The first-order chi connectivity index (χ1) is 36.2. The predicted molar refractivity (Wildman–Crippen MR) is 287 cm³/mol. The number of aliphatic hydroxyl groups is 3. The molecule has 3 N–H and O–H groups in total. The molecule has 1 aliphatic carbocycles. The number of Topliss-reactive ketones (excluding diaryl/α,β-unsaturated/α-hetero) is 3. The summed E-state index contributed by atoms with van der Waals surface area (Å²) in [5, 5.41) is 34.5. The van der Waals surface area contributed by atoms with Crippen molar-refractivity contribution in [1.29, 1.82) is 0 Å². The second-order valence-electron chi connectivity index (χ2n) is 22.2. The molecule has 2 saturated heterocycles. The number of cyclic esters (lactones) is 1. The fourth-order valence-corrected chi connectivity index (χ4v) is 11.6. The number of nitrogens with zero attached hydrogens (tertiary/aromatic N) is 1. The molecular formula is C60H89NO15. The number of amides is 1. The van der Waals surface area contributed by atoms with Crippen molar-refractivity contribution in [1.82, 2.24) is 4.90 Å². The Kier molecular flexibility index (Phi) is 24.1. The smallest absolute Gasteiger partial charge is 0.329 e. The van der Waals surface area contributed by atoms with Gasteiger partial charge in [0.1, 0.15) is 48.2 Å². The van der Waals surface area contributed by atoms with E-state index < -0.39 is 77.8 Å². The molecule has 1 unspecified atom stereocenters. The van der Waals surface area contributed by atoms with Gasteiger partial charge in [-0.2, -0.15) is 0 Å². The van der Waals surface area contributed by atoms with Gasteiger partial charge in [0.05, 0.1) is 32.0 Å². The molecule has 4 aliphatic rings. The van der Waals surface area contributed by atoms with Gasteiger partial charge in [-0.15, -0.1) is 0 Å². The number of ether oxygens (including phenoxy) is 7. The van der Waals surface area contributed by atoms with Crippen molar-refractivity contribution in [3.05, 3.63) is 71.4 Å². The Labute approximate surface area is 451 Å². The van der Waals surface area contributed by atoms with Gasteiger partial charge in [-0.1, -0.05) is 82.7 Å². The fraction of sp³-hybridized carbons (Fsp3) is 0.683. The number of ketones is 3. The van der Waals surface area contributed by atoms with Crippen LogP contribution in [0.4, 0.5) is 0 Å². The zero-order chi connectivity index (χ0) is 55.9. The lowest BCUT2D eigenvalue weighted by atomic mass is 9.78. The molecule has 3 fully saturated rings. The maximum atomic E-state index is 14.6. The van der Waals surface area contributed by atoms with E-state index in [0.717, 1.165) is 11.1 Å². The largest absolute Gasteiger partial charge is 0.496 e. The van der Waals surface area contributed by atoms with Crippen molar-refractivity contribution >= 4 is 29.2 Å². The van der Waals surface area contributed by atoms with Crippen molar-refractivity contribution in [3.63, 3.8) is 0 Å². The molecule has 16 nitrogen and oxygen atoms in total. The number of aliphatic hydroxyl groups excluding tert-OH is 2. The topological polar surface area (TPSA) is 214 Å². The molecule has 1 saturated carbocycles. The molecule has 15 atom stereocenters. The first-order valence-electron chi connectivity index (χ1n) is 27.6. The Morgan fingerprint density at radius 2 is 1.59 bits per heavy atom. The molecule has 3 heterocycles. The third-order valence-corrected chi connectivity index (χ3v) is 16.4. The lowest BCUT2D eigenvalue weighted by Crippen LogP contribution is -2.60. The van der Waals surface area contributed by atoms with Gasteiger partial charge in [0.2, 0.25) is 5.79 Å². The fourth-order valence-electron chi connectivity index (χ4n) is 11.6. The third-order valence-electron chi connectivity index (χ3n) is 16.4. The summed E-state index contributed by atoms with van der Waals surface area (Å²) in [5.74, 6) is -7.51. The van der Waals surface area contributed by atoms with Crippen LogP contribution >= 0.6 is 0 Å². The van der Waals surface area contributed by atoms with Crippen molar-refractivity contribution < 1.29 is 72.5 Å². The van der Waals surface area contributed by atoms with Crippen LogP contribution in [-0.4, -0.2) is 146 Å². The number of esters is 1. The number of benzene rings is 1. The minimum Gasteiger partial charge on any atom is -0.496 e. The van der Waals surface area contributed by atoms with Crippen LogP contribution in [0, 0.1) is 35.5 Å². The molecular weight excluding hydrogens is 975 g/mol. The molecule has 0 aromatic heterocycles. The highest BCUT2D eigenvalue weighted by molar-refractivity contribution is 6.39. The maximum Gasteiger partial charge on any atom is 0.329 e. The minimum atomic E-state index is -2.50. The van der Waals surface area contributed by atoms with Crippen LogP contribution < -0.4 is 9.47 Å². The third kappa shape index (κ3) is 16.3. The van der Waals surface area contributed by atoms with Crippen LogP contribution in [0.1, 0.15) is 137 Å². The monoisotopic (exact) mass is 1060 g/mol. The van der Waals surface area contributed by atoms with E-state index in [9.17, 15) is 39.3 Å². The van der Waals surface area contributed by atoms with Gasteiger partial charge in [0.25, 0.3) is 11.7 Å². The van der Waals surface area contributed by atoms with Gasteiger partial charge in [0.15, 0.2) is 5.78 Å². The highest BCUT2D eigenvalue weighted by atomic mass is 16.6. The van der Waals surface area contributed by atoms with Crippen molar-refractivity contribution in [3.8, 4) is 11.5 Å². The molecule has 1 amide bonds. The molecule has 424 valence electrons. The second kappa shape index (κ2) is 29.4. The van der Waals surface area contributed by atoms with E-state index in [1.165, 1.54) is 12.0 Å². The van der Waals surface area contributed by atoms with Crippen LogP contribution in [0.25, 0.3) is 0 Å². The number of fused-ring (bicyclic) bond motifs is 3. The van der Waals surface area contributed by atoms with Crippen molar-refractivity contribution in [2.24, 2.45) is 35.5 Å². The standard InChI is InChI=1S/C60H89NO15/c1-36-17-13-12-14-18-37(2)47(46-24-23-44(34-52(46)71-9)74-28-27-70-8)33-45-22-20-42(7)60(69,76-45)57(66)58(67)61-26-16-15-19-48(61)59(68)75-51(39(4)31-43-21-25-49(62)53(32-43)72-10)35-50(63)38(3)30-41(6)55(65)56(73-11)54(64)40(5)29-36/h12-14,17-18,23-24,30,34,36,38-40,42-43,45,47-49,51,53,55-56,62,65,69H,15-16,19-22,25-29,31-33,35H2,1-11H3/b14-12+,17-13+,37-18+,41-30+/t36-,38-,39-,40-,42-,43+,45+,47?,48+,49-,51+,53-,55+,56+,60-/m1/s1. The van der Waals surface area contributed by atoms with Crippen LogP contribution in [0.3, 0.4) is 0 Å². The molecule has 0 radical (unpaired) electrons. The van der Waals surface area contributed by atoms with E-state index in [2.05, 4.69) is 0 Å². The zero-order valence-corrected chi connectivity index (χ0v) is 47.1. The Bertz CT molecular complexity index is 2240. The Balaban J connectivity index is 1.54. The number of carbonyl (C=O) groups excluding carboxylic acids is 5. The second-order valence-corrected chi connectivity index (χ2v) is 22.2. The van der Waals surface area contributed by atoms with Gasteiger partial charge >= 0.3 is 5.97 Å². The average molecular weight is 1060 g/mol. The van der Waals surface area contributed by atoms with Gasteiger partial charge < -0.3 is 53.4 Å². The summed E-state index contributed by atoms with van der Waals surface area (Å²) in [6, 6.07) is 4.41. The summed E-state index contributed by atoms with van der Waals surface area (Å²) < 4.78 is 41.0. The molecule has 1 aromatic carbocycles. The number of hydrogen-bond acceptors (Lipinski definition) is 15. The summed E-state index contributed by atoms with van der Waals surface area (Å²) in [7, 11) is 6.12. The van der Waals surface area contributed by atoms with Gasteiger partial charge in [-0.05, 0) is 114 Å². The van der Waals surface area contributed by atoms with Crippen LogP contribution in [0.5, 0.6) is 11.5 Å². The number of piperidine rings is 1. The number of hydrogen-bond donors (Lipinski definition) is 3. The molecule has 5 rings (SSSR count). The molecule has 3 aliphatic heterocycles. The highest BCUT2D eigenvalue weighted by Crippen LogP contribution is 2.43.